The Hall–Kier alpha value is -3.67. The van der Waals surface area contributed by atoms with Crippen LogP contribution in [-0.4, -0.2) is 29.5 Å². The second-order valence-electron chi connectivity index (χ2n) is 9.10. The fourth-order valence-electron chi connectivity index (χ4n) is 3.86. The van der Waals surface area contributed by atoms with E-state index in [0.717, 1.165) is 39.8 Å². The highest BCUT2D eigenvalue weighted by Crippen LogP contribution is 2.31. The summed E-state index contributed by atoms with van der Waals surface area (Å²) in [5.41, 5.74) is 7.88. The van der Waals surface area contributed by atoms with Gasteiger partial charge in [-0.2, -0.15) is 10.2 Å². The summed E-state index contributed by atoms with van der Waals surface area (Å²) in [7, 11) is 1.92. The van der Waals surface area contributed by atoms with Gasteiger partial charge in [-0.05, 0) is 22.6 Å². The molecule has 6 nitrogen and oxygen atoms in total. The van der Waals surface area contributed by atoms with Gasteiger partial charge in [0.25, 0.3) is 0 Å². The Kier molecular flexibility index (Phi) is 4.50. The molecule has 0 bridgehead atoms. The first-order valence-electron chi connectivity index (χ1n) is 10.5. The molecule has 4 heterocycles. The number of rotatable bonds is 4. The van der Waals surface area contributed by atoms with E-state index in [4.69, 9.17) is 0 Å². The summed E-state index contributed by atoms with van der Waals surface area (Å²) in [6.07, 6.45) is 11.8. The molecule has 0 saturated heterocycles. The highest BCUT2D eigenvalue weighted by atomic mass is 15.3. The highest BCUT2D eigenvalue weighted by Gasteiger charge is 2.14. The average molecular weight is 411 g/mol. The van der Waals surface area contributed by atoms with Gasteiger partial charge in [0.1, 0.15) is 5.65 Å². The molecule has 0 aliphatic heterocycles. The average Bonchev–Trinajstić information content (AvgIpc) is 3.46. The minimum atomic E-state index is 0.162. The van der Waals surface area contributed by atoms with Gasteiger partial charge in [-0.3, -0.25) is 9.36 Å². The Labute approximate surface area is 181 Å². The molecule has 0 aliphatic carbocycles. The lowest BCUT2D eigenvalue weighted by atomic mass is 9.87. The SMILES string of the molecule is Cn1cc(-c2cnc3[nH]cc(-c4cnn(Cc5ccc(C(C)(C)C)cc5)c4)c3c2)cn1. The molecule has 0 spiro atoms. The number of nitrogens with one attached hydrogen (secondary N) is 1. The van der Waals surface area contributed by atoms with Crippen LogP contribution in [0, 0.1) is 0 Å². The van der Waals surface area contributed by atoms with Crippen molar-refractivity contribution in [3.8, 4) is 22.3 Å². The van der Waals surface area contributed by atoms with E-state index in [-0.39, 0.29) is 5.41 Å². The van der Waals surface area contributed by atoms with Crippen LogP contribution in [0.2, 0.25) is 0 Å². The van der Waals surface area contributed by atoms with Crippen molar-refractivity contribution >= 4 is 11.0 Å². The maximum Gasteiger partial charge on any atom is 0.137 e. The molecule has 0 fully saturated rings. The van der Waals surface area contributed by atoms with Gasteiger partial charge in [0.05, 0.1) is 18.9 Å². The van der Waals surface area contributed by atoms with Crippen LogP contribution in [-0.2, 0) is 19.0 Å². The molecule has 0 aliphatic rings. The Morgan fingerprint density at radius 2 is 1.68 bits per heavy atom. The van der Waals surface area contributed by atoms with Gasteiger partial charge in [0.15, 0.2) is 0 Å². The van der Waals surface area contributed by atoms with Gasteiger partial charge in [0.2, 0.25) is 0 Å². The quantitative estimate of drug-likeness (QED) is 0.444. The van der Waals surface area contributed by atoms with Crippen molar-refractivity contribution in [2.45, 2.75) is 32.7 Å². The molecule has 1 N–H and O–H groups in total. The molecule has 0 amide bonds. The van der Waals surface area contributed by atoms with E-state index in [1.54, 1.807) is 4.68 Å². The predicted molar refractivity (Wildman–Crippen MR) is 124 cm³/mol. The van der Waals surface area contributed by atoms with Crippen LogP contribution in [0.5, 0.6) is 0 Å². The van der Waals surface area contributed by atoms with Crippen LogP contribution >= 0.6 is 0 Å². The molecule has 0 atom stereocenters. The highest BCUT2D eigenvalue weighted by molar-refractivity contribution is 5.95. The first-order valence-corrected chi connectivity index (χ1v) is 10.5. The van der Waals surface area contributed by atoms with Crippen LogP contribution in [0.4, 0.5) is 0 Å². The van der Waals surface area contributed by atoms with Crippen molar-refractivity contribution in [3.63, 3.8) is 0 Å². The van der Waals surface area contributed by atoms with Gasteiger partial charge in [-0.1, -0.05) is 45.0 Å². The van der Waals surface area contributed by atoms with Gasteiger partial charge < -0.3 is 4.98 Å². The lowest BCUT2D eigenvalue weighted by Crippen LogP contribution is -2.11. The molecule has 31 heavy (non-hydrogen) atoms. The van der Waals surface area contributed by atoms with Crippen LogP contribution < -0.4 is 0 Å². The van der Waals surface area contributed by atoms with Crippen molar-refractivity contribution in [1.82, 2.24) is 29.5 Å². The number of nitrogens with zero attached hydrogens (tertiary/aromatic N) is 5. The minimum Gasteiger partial charge on any atom is -0.346 e. The molecule has 0 radical (unpaired) electrons. The van der Waals surface area contributed by atoms with E-state index in [0.29, 0.717) is 0 Å². The molecular formula is C25H26N6. The topological polar surface area (TPSA) is 64.3 Å². The number of hydrogen-bond acceptors (Lipinski definition) is 3. The normalized spacial score (nSPS) is 12.0. The molecule has 0 unspecified atom stereocenters. The molecule has 1 aromatic carbocycles. The third-order valence-electron chi connectivity index (χ3n) is 5.68. The molecule has 4 aromatic heterocycles. The lowest BCUT2D eigenvalue weighted by molar-refractivity contribution is 0.589. The summed E-state index contributed by atoms with van der Waals surface area (Å²) >= 11 is 0. The van der Waals surface area contributed by atoms with E-state index < -0.39 is 0 Å². The number of fused-ring (bicyclic) bond motifs is 1. The third kappa shape index (κ3) is 3.77. The van der Waals surface area contributed by atoms with Crippen LogP contribution in [0.25, 0.3) is 33.3 Å². The van der Waals surface area contributed by atoms with Crippen LogP contribution in [0.1, 0.15) is 31.9 Å². The van der Waals surface area contributed by atoms with E-state index >= 15 is 0 Å². The summed E-state index contributed by atoms with van der Waals surface area (Å²) in [6.45, 7) is 7.44. The fourth-order valence-corrected chi connectivity index (χ4v) is 3.86. The van der Waals surface area contributed by atoms with Crippen molar-refractivity contribution < 1.29 is 0 Å². The number of hydrogen-bond donors (Lipinski definition) is 1. The largest absolute Gasteiger partial charge is 0.346 e. The van der Waals surface area contributed by atoms with Gasteiger partial charge in [-0.15, -0.1) is 0 Å². The zero-order chi connectivity index (χ0) is 21.6. The zero-order valence-corrected chi connectivity index (χ0v) is 18.3. The minimum absolute atomic E-state index is 0.162. The Morgan fingerprint density at radius 1 is 0.903 bits per heavy atom. The summed E-state index contributed by atoms with van der Waals surface area (Å²) in [5.74, 6) is 0. The molecule has 156 valence electrons. The number of aromatic amines is 1. The van der Waals surface area contributed by atoms with Crippen molar-refractivity contribution in [2.75, 3.05) is 0 Å². The summed E-state index contributed by atoms with van der Waals surface area (Å²) in [4.78, 5) is 7.88. The number of benzene rings is 1. The second-order valence-corrected chi connectivity index (χ2v) is 9.10. The fraction of sp³-hybridized carbons (Fsp3) is 0.240. The van der Waals surface area contributed by atoms with Crippen molar-refractivity contribution in [1.29, 1.82) is 0 Å². The van der Waals surface area contributed by atoms with E-state index in [1.807, 2.05) is 42.7 Å². The lowest BCUT2D eigenvalue weighted by Gasteiger charge is -2.19. The predicted octanol–water partition coefficient (Wildman–Crippen LogP) is 5.17. The summed E-state index contributed by atoms with van der Waals surface area (Å²) in [6, 6.07) is 11.0. The smallest absolute Gasteiger partial charge is 0.137 e. The number of aromatic nitrogens is 6. The first-order chi connectivity index (χ1) is 14.9. The maximum atomic E-state index is 4.60. The number of aryl methyl sites for hydroxylation is 1. The Bertz CT molecular complexity index is 1340. The van der Waals surface area contributed by atoms with Gasteiger partial charge in [-0.25, -0.2) is 4.98 Å². The van der Waals surface area contributed by atoms with E-state index in [2.05, 4.69) is 77.5 Å². The summed E-state index contributed by atoms with van der Waals surface area (Å²) < 4.78 is 3.79. The van der Waals surface area contributed by atoms with E-state index in [1.165, 1.54) is 11.1 Å². The monoisotopic (exact) mass is 410 g/mol. The number of H-pyrrole nitrogens is 1. The van der Waals surface area contributed by atoms with Crippen LogP contribution in [0.15, 0.2) is 67.5 Å². The van der Waals surface area contributed by atoms with Gasteiger partial charge in [0, 0.05) is 59.5 Å². The molecular weight excluding hydrogens is 384 g/mol. The van der Waals surface area contributed by atoms with E-state index in [9.17, 15) is 0 Å². The van der Waals surface area contributed by atoms with Crippen LogP contribution in [0.3, 0.4) is 0 Å². The first kappa shape index (κ1) is 19.3. The molecule has 5 rings (SSSR count). The van der Waals surface area contributed by atoms with Gasteiger partial charge >= 0.3 is 0 Å². The maximum absolute atomic E-state index is 4.60. The third-order valence-corrected chi connectivity index (χ3v) is 5.68. The Balaban J connectivity index is 1.42. The molecule has 6 heteroatoms. The number of pyridine rings is 1. The zero-order valence-electron chi connectivity index (χ0n) is 18.3. The summed E-state index contributed by atoms with van der Waals surface area (Å²) in [5, 5.41) is 9.95. The second kappa shape index (κ2) is 7.23. The molecule has 0 saturated carbocycles. The van der Waals surface area contributed by atoms with Crippen molar-refractivity contribution in [2.24, 2.45) is 7.05 Å². The Morgan fingerprint density at radius 3 is 2.39 bits per heavy atom. The molecule has 5 aromatic rings. The standard InChI is InChI=1S/C25H26N6/c1-25(2,3)21-7-5-17(6-8-21)14-31-16-20(12-29-31)23-13-27-24-22(23)9-18(10-26-24)19-11-28-30(4)15-19/h5-13,15-16H,14H2,1-4H3,(H,26,27). The van der Waals surface area contributed by atoms with Crippen molar-refractivity contribution in [3.05, 3.63) is 78.6 Å².